The highest BCUT2D eigenvalue weighted by Gasteiger charge is 2.21. The number of anilines is 1. The van der Waals surface area contributed by atoms with E-state index in [-0.39, 0.29) is 5.70 Å². The zero-order valence-corrected chi connectivity index (χ0v) is 18.3. The van der Waals surface area contributed by atoms with Crippen LogP contribution in [0, 0.1) is 0 Å². The van der Waals surface area contributed by atoms with Crippen molar-refractivity contribution < 1.29 is 23.9 Å². The van der Waals surface area contributed by atoms with Crippen LogP contribution in [-0.2, 0) is 19.1 Å². The maximum atomic E-state index is 12.6. The quantitative estimate of drug-likeness (QED) is 0.393. The summed E-state index contributed by atoms with van der Waals surface area (Å²) in [5, 5.41) is 5.14. The van der Waals surface area contributed by atoms with E-state index < -0.39 is 23.9 Å². The van der Waals surface area contributed by atoms with Gasteiger partial charge in [-0.05, 0) is 55.0 Å². The van der Waals surface area contributed by atoms with Crippen molar-refractivity contribution in [3.8, 4) is 11.5 Å². The predicted molar refractivity (Wildman–Crippen MR) is 125 cm³/mol. The number of hydrogen-bond acceptors (Lipinski definition) is 5. The summed E-state index contributed by atoms with van der Waals surface area (Å²) >= 11 is 0. The monoisotopic (exact) mass is 444 g/mol. The van der Waals surface area contributed by atoms with Crippen LogP contribution >= 0.6 is 0 Å². The van der Waals surface area contributed by atoms with Gasteiger partial charge in [0.15, 0.2) is 6.10 Å². The van der Waals surface area contributed by atoms with Gasteiger partial charge in [0.05, 0.1) is 0 Å². The van der Waals surface area contributed by atoms with Gasteiger partial charge in [-0.1, -0.05) is 48.5 Å². The third kappa shape index (κ3) is 7.36. The van der Waals surface area contributed by atoms with Gasteiger partial charge in [0.25, 0.3) is 5.91 Å². The van der Waals surface area contributed by atoms with Crippen LogP contribution in [0.2, 0.25) is 0 Å². The second-order valence-corrected chi connectivity index (χ2v) is 7.13. The minimum absolute atomic E-state index is 0.0595. The lowest BCUT2D eigenvalue weighted by molar-refractivity contribution is -0.149. The molecule has 168 valence electrons. The Labute approximate surface area is 192 Å². The average molecular weight is 444 g/mol. The van der Waals surface area contributed by atoms with Gasteiger partial charge in [0, 0.05) is 12.6 Å². The third-order valence-electron chi connectivity index (χ3n) is 4.39. The van der Waals surface area contributed by atoms with Crippen molar-refractivity contribution in [3.05, 3.63) is 96.2 Å². The minimum atomic E-state index is -1.09. The Morgan fingerprint density at radius 2 is 1.39 bits per heavy atom. The highest BCUT2D eigenvalue weighted by Crippen LogP contribution is 2.22. The van der Waals surface area contributed by atoms with Crippen molar-refractivity contribution in [2.45, 2.75) is 20.0 Å². The van der Waals surface area contributed by atoms with Crippen molar-refractivity contribution in [3.63, 3.8) is 0 Å². The minimum Gasteiger partial charge on any atom is -0.457 e. The van der Waals surface area contributed by atoms with Gasteiger partial charge in [-0.25, -0.2) is 4.79 Å². The Bertz CT molecular complexity index is 1130. The van der Waals surface area contributed by atoms with Gasteiger partial charge in [-0.3, -0.25) is 9.59 Å². The number of hydrogen-bond donors (Lipinski definition) is 2. The van der Waals surface area contributed by atoms with Crippen molar-refractivity contribution >= 4 is 29.5 Å². The van der Waals surface area contributed by atoms with E-state index in [4.69, 9.17) is 9.47 Å². The highest BCUT2D eigenvalue weighted by atomic mass is 16.5. The van der Waals surface area contributed by atoms with Crippen molar-refractivity contribution in [2.75, 3.05) is 5.32 Å². The first-order chi connectivity index (χ1) is 15.9. The zero-order chi connectivity index (χ0) is 23.6. The fourth-order valence-corrected chi connectivity index (χ4v) is 2.80. The molecule has 0 fully saturated rings. The molecule has 0 aliphatic heterocycles. The Balaban J connectivity index is 1.60. The molecule has 0 spiro atoms. The van der Waals surface area contributed by atoms with Crippen molar-refractivity contribution in [1.29, 1.82) is 0 Å². The molecule has 0 heterocycles. The standard InChI is InChI=1S/C26H24N2O5/c1-18(32-26(31)24(27-19(2)29)17-20-9-5-3-6-10-20)25(30)28-21-13-15-23(16-14-21)33-22-11-7-4-8-12-22/h3-18H,1-2H3,(H,27,29)(H,28,30)/b24-17-. The number of ether oxygens (including phenoxy) is 2. The van der Waals surface area contributed by atoms with Crippen LogP contribution in [0.25, 0.3) is 6.08 Å². The number of carbonyl (C=O) groups excluding carboxylic acids is 3. The molecular formula is C26H24N2O5. The van der Waals surface area contributed by atoms with Crippen LogP contribution in [0.15, 0.2) is 90.6 Å². The van der Waals surface area contributed by atoms with E-state index in [0.29, 0.717) is 22.7 Å². The van der Waals surface area contributed by atoms with Gasteiger partial charge in [0.2, 0.25) is 5.91 Å². The van der Waals surface area contributed by atoms with E-state index >= 15 is 0 Å². The summed E-state index contributed by atoms with van der Waals surface area (Å²) in [6, 6.07) is 25.1. The first-order valence-electron chi connectivity index (χ1n) is 10.3. The Morgan fingerprint density at radius 1 is 0.818 bits per heavy atom. The molecule has 2 N–H and O–H groups in total. The fraction of sp³-hybridized carbons (Fsp3) is 0.115. The van der Waals surface area contributed by atoms with Crippen LogP contribution in [-0.4, -0.2) is 23.9 Å². The maximum Gasteiger partial charge on any atom is 0.355 e. The normalized spacial score (nSPS) is 11.8. The molecule has 0 saturated heterocycles. The molecule has 1 unspecified atom stereocenters. The van der Waals surface area contributed by atoms with Crippen LogP contribution in [0.4, 0.5) is 5.69 Å². The molecule has 7 nitrogen and oxygen atoms in total. The van der Waals surface area contributed by atoms with Crippen LogP contribution < -0.4 is 15.4 Å². The van der Waals surface area contributed by atoms with E-state index in [9.17, 15) is 14.4 Å². The molecule has 2 amide bonds. The number of nitrogens with one attached hydrogen (secondary N) is 2. The predicted octanol–water partition coefficient (Wildman–Crippen LogP) is 4.53. The topological polar surface area (TPSA) is 93.7 Å². The molecule has 3 rings (SSSR count). The fourth-order valence-electron chi connectivity index (χ4n) is 2.80. The number of esters is 1. The lowest BCUT2D eigenvalue weighted by Crippen LogP contribution is -2.33. The first-order valence-corrected chi connectivity index (χ1v) is 10.3. The Kier molecular flexibility index (Phi) is 7.96. The summed E-state index contributed by atoms with van der Waals surface area (Å²) in [6.45, 7) is 2.74. The second-order valence-electron chi connectivity index (χ2n) is 7.13. The Morgan fingerprint density at radius 3 is 2.00 bits per heavy atom. The summed E-state index contributed by atoms with van der Waals surface area (Å²) in [7, 11) is 0. The van der Waals surface area contributed by atoms with E-state index in [1.165, 1.54) is 19.9 Å². The van der Waals surface area contributed by atoms with E-state index in [1.807, 2.05) is 36.4 Å². The van der Waals surface area contributed by atoms with Gasteiger partial charge < -0.3 is 20.1 Å². The molecule has 33 heavy (non-hydrogen) atoms. The number of rotatable bonds is 8. The van der Waals surface area contributed by atoms with Gasteiger partial charge in [-0.15, -0.1) is 0 Å². The highest BCUT2D eigenvalue weighted by molar-refractivity contribution is 6.00. The number of carbonyl (C=O) groups is 3. The van der Waals surface area contributed by atoms with E-state index in [1.54, 1.807) is 48.5 Å². The lowest BCUT2D eigenvalue weighted by Gasteiger charge is -2.15. The first kappa shape index (κ1) is 23.3. The molecule has 0 aromatic heterocycles. The number of amides is 2. The Hall–Kier alpha value is -4.39. The molecule has 0 aliphatic rings. The number of para-hydroxylation sites is 1. The van der Waals surface area contributed by atoms with Crippen LogP contribution in [0.3, 0.4) is 0 Å². The third-order valence-corrected chi connectivity index (χ3v) is 4.39. The summed E-state index contributed by atoms with van der Waals surface area (Å²) in [5.41, 5.74) is 1.16. The molecule has 1 atom stereocenters. The largest absolute Gasteiger partial charge is 0.457 e. The molecule has 3 aromatic rings. The second kappa shape index (κ2) is 11.3. The zero-order valence-electron chi connectivity index (χ0n) is 18.3. The summed E-state index contributed by atoms with van der Waals surface area (Å²) < 4.78 is 11.0. The van der Waals surface area contributed by atoms with E-state index in [2.05, 4.69) is 10.6 Å². The van der Waals surface area contributed by atoms with Crippen LogP contribution in [0.5, 0.6) is 11.5 Å². The molecule has 0 bridgehead atoms. The molecule has 0 saturated carbocycles. The van der Waals surface area contributed by atoms with Crippen molar-refractivity contribution in [1.82, 2.24) is 5.32 Å². The average Bonchev–Trinajstić information content (AvgIpc) is 2.81. The van der Waals surface area contributed by atoms with Gasteiger partial charge in [-0.2, -0.15) is 0 Å². The smallest absolute Gasteiger partial charge is 0.355 e. The van der Waals surface area contributed by atoms with Gasteiger partial charge >= 0.3 is 5.97 Å². The van der Waals surface area contributed by atoms with E-state index in [0.717, 1.165) is 0 Å². The molecule has 7 heteroatoms. The van der Waals surface area contributed by atoms with Crippen LogP contribution in [0.1, 0.15) is 19.4 Å². The van der Waals surface area contributed by atoms with Gasteiger partial charge in [0.1, 0.15) is 17.2 Å². The maximum absolute atomic E-state index is 12.6. The number of benzene rings is 3. The molecular weight excluding hydrogens is 420 g/mol. The lowest BCUT2D eigenvalue weighted by atomic mass is 10.2. The SMILES string of the molecule is CC(=O)N/C(=C\c1ccccc1)C(=O)OC(C)C(=O)Nc1ccc(Oc2ccccc2)cc1. The summed E-state index contributed by atoms with van der Waals surface area (Å²) in [6.07, 6.45) is 0.394. The molecule has 3 aromatic carbocycles. The molecule has 0 radical (unpaired) electrons. The van der Waals surface area contributed by atoms with Crippen molar-refractivity contribution in [2.24, 2.45) is 0 Å². The molecule has 0 aliphatic carbocycles. The summed E-state index contributed by atoms with van der Waals surface area (Å²) in [5.74, 6) is -0.438. The summed E-state index contributed by atoms with van der Waals surface area (Å²) in [4.78, 5) is 36.6.